The zero-order valence-electron chi connectivity index (χ0n) is 9.69. The van der Waals surface area contributed by atoms with E-state index in [2.05, 4.69) is 11.7 Å². The quantitative estimate of drug-likeness (QED) is 0.768. The zero-order valence-corrected chi connectivity index (χ0v) is 10.5. The van der Waals surface area contributed by atoms with Crippen molar-refractivity contribution in [1.82, 2.24) is 0 Å². The van der Waals surface area contributed by atoms with Crippen LogP contribution in [0.4, 0.5) is 0 Å². The summed E-state index contributed by atoms with van der Waals surface area (Å²) in [7, 11) is 1.32. The summed E-state index contributed by atoms with van der Waals surface area (Å²) in [6, 6.07) is 0. The molecule has 4 nitrogen and oxygen atoms in total. The van der Waals surface area contributed by atoms with Crippen molar-refractivity contribution >= 4 is 23.7 Å². The second kappa shape index (κ2) is 5.57. The van der Waals surface area contributed by atoms with Gasteiger partial charge < -0.3 is 9.84 Å². The van der Waals surface area contributed by atoms with E-state index in [1.54, 1.807) is 0 Å². The molecule has 5 heteroatoms. The number of hydrogen-bond acceptors (Lipinski definition) is 4. The molecule has 1 aliphatic rings. The number of hydrogen-bond donors (Lipinski definition) is 1. The number of methoxy groups -OCH3 is 1. The summed E-state index contributed by atoms with van der Waals surface area (Å²) in [6.45, 7) is 2.07. The Labute approximate surface area is 99.7 Å². The van der Waals surface area contributed by atoms with Gasteiger partial charge in [0.25, 0.3) is 0 Å². The molecule has 0 radical (unpaired) electrons. The average molecular weight is 246 g/mol. The molecule has 0 aromatic rings. The predicted octanol–water partition coefficient (Wildman–Crippen LogP) is 1.93. The summed E-state index contributed by atoms with van der Waals surface area (Å²) in [5.74, 6) is -0.623. The van der Waals surface area contributed by atoms with Gasteiger partial charge in [0.15, 0.2) is 0 Å². The van der Waals surface area contributed by atoms with Gasteiger partial charge in [0.1, 0.15) is 4.75 Å². The lowest BCUT2D eigenvalue weighted by atomic mass is 9.82. The van der Waals surface area contributed by atoms with Crippen LogP contribution in [0.1, 0.15) is 32.6 Å². The van der Waals surface area contributed by atoms with Crippen LogP contribution in [0, 0.1) is 5.92 Å². The smallest absolute Gasteiger partial charge is 0.319 e. The number of rotatable bonds is 4. The normalized spacial score (nSPS) is 29.8. The minimum atomic E-state index is -0.798. The molecule has 0 heterocycles. The van der Waals surface area contributed by atoms with Crippen molar-refractivity contribution in [2.24, 2.45) is 5.92 Å². The maximum atomic E-state index is 11.3. The van der Waals surface area contributed by atoms with Crippen molar-refractivity contribution in [3.8, 4) is 0 Å². The van der Waals surface area contributed by atoms with E-state index in [4.69, 9.17) is 0 Å². The van der Waals surface area contributed by atoms with Gasteiger partial charge in [-0.05, 0) is 18.8 Å². The van der Waals surface area contributed by atoms with Gasteiger partial charge in [-0.3, -0.25) is 9.59 Å². The molecule has 1 saturated carbocycles. The summed E-state index contributed by atoms with van der Waals surface area (Å²) >= 11 is 1.22. The topological polar surface area (TPSA) is 63.6 Å². The van der Waals surface area contributed by atoms with Crippen LogP contribution in [-0.4, -0.2) is 34.7 Å². The molecule has 2 atom stereocenters. The van der Waals surface area contributed by atoms with Gasteiger partial charge >= 0.3 is 11.9 Å². The van der Waals surface area contributed by atoms with Gasteiger partial charge in [-0.2, -0.15) is 0 Å². The number of carbonyl (C=O) groups excluding carboxylic acids is 1. The molecule has 1 N–H and O–H groups in total. The van der Waals surface area contributed by atoms with Crippen LogP contribution >= 0.6 is 11.8 Å². The number of carbonyl (C=O) groups is 2. The van der Waals surface area contributed by atoms with E-state index in [0.717, 1.165) is 12.8 Å². The molecule has 0 aromatic carbocycles. The molecule has 92 valence electrons. The molecule has 0 saturated heterocycles. The second-order valence-corrected chi connectivity index (χ2v) is 5.72. The fourth-order valence-electron chi connectivity index (χ4n) is 2.15. The first kappa shape index (κ1) is 13.4. The molecular formula is C11H18O4S. The Hall–Kier alpha value is -0.710. The van der Waals surface area contributed by atoms with E-state index in [0.29, 0.717) is 18.8 Å². The minimum Gasteiger partial charge on any atom is -0.480 e. The Morgan fingerprint density at radius 3 is 2.75 bits per heavy atom. The van der Waals surface area contributed by atoms with Crippen LogP contribution in [0.25, 0.3) is 0 Å². The van der Waals surface area contributed by atoms with Crippen molar-refractivity contribution in [3.63, 3.8) is 0 Å². The summed E-state index contributed by atoms with van der Waals surface area (Å²) in [5.41, 5.74) is 0. The molecule has 1 aliphatic carbocycles. The Kier molecular flexibility index (Phi) is 4.65. The number of ether oxygens (including phenoxy) is 1. The predicted molar refractivity (Wildman–Crippen MR) is 62.5 cm³/mol. The second-order valence-electron chi connectivity index (χ2n) is 4.37. The first-order valence-electron chi connectivity index (χ1n) is 5.44. The van der Waals surface area contributed by atoms with Gasteiger partial charge in [-0.15, -0.1) is 11.8 Å². The summed E-state index contributed by atoms with van der Waals surface area (Å²) in [5, 5.41) is 9.32. The molecular weight excluding hydrogens is 228 g/mol. The first-order chi connectivity index (χ1) is 7.50. The molecule has 2 unspecified atom stereocenters. The molecule has 16 heavy (non-hydrogen) atoms. The van der Waals surface area contributed by atoms with Gasteiger partial charge in [-0.25, -0.2) is 0 Å². The van der Waals surface area contributed by atoms with Crippen molar-refractivity contribution in [1.29, 1.82) is 0 Å². The van der Waals surface area contributed by atoms with Crippen LogP contribution in [0.5, 0.6) is 0 Å². The van der Waals surface area contributed by atoms with Crippen molar-refractivity contribution in [2.45, 2.75) is 37.4 Å². The molecule has 0 aliphatic heterocycles. The van der Waals surface area contributed by atoms with E-state index < -0.39 is 10.7 Å². The third-order valence-electron chi connectivity index (χ3n) is 3.04. The first-order valence-corrected chi connectivity index (χ1v) is 6.43. The summed E-state index contributed by atoms with van der Waals surface area (Å²) in [4.78, 5) is 22.4. The third-order valence-corrected chi connectivity index (χ3v) is 4.52. The summed E-state index contributed by atoms with van der Waals surface area (Å²) < 4.78 is 3.75. The van der Waals surface area contributed by atoms with Gasteiger partial charge in [0.2, 0.25) is 0 Å². The Balaban J connectivity index is 2.65. The Bertz CT molecular complexity index is 279. The van der Waals surface area contributed by atoms with E-state index in [-0.39, 0.29) is 11.7 Å². The van der Waals surface area contributed by atoms with Crippen molar-refractivity contribution in [3.05, 3.63) is 0 Å². The van der Waals surface area contributed by atoms with Gasteiger partial charge in [-0.1, -0.05) is 19.8 Å². The highest BCUT2D eigenvalue weighted by Gasteiger charge is 2.42. The van der Waals surface area contributed by atoms with E-state index in [9.17, 15) is 14.7 Å². The number of carboxylic acids is 1. The lowest BCUT2D eigenvalue weighted by Gasteiger charge is -2.35. The highest BCUT2D eigenvalue weighted by molar-refractivity contribution is 8.02. The lowest BCUT2D eigenvalue weighted by molar-refractivity contribution is -0.141. The lowest BCUT2D eigenvalue weighted by Crippen LogP contribution is -2.40. The Morgan fingerprint density at radius 2 is 2.25 bits per heavy atom. The molecule has 0 aromatic heterocycles. The largest absolute Gasteiger partial charge is 0.480 e. The molecule has 0 spiro atoms. The SMILES string of the molecule is COC(=O)CSC1(C(=O)O)CCCC(C)C1. The molecule has 1 rings (SSSR count). The average Bonchev–Trinajstić information content (AvgIpc) is 2.25. The van der Waals surface area contributed by atoms with Gasteiger partial charge in [0.05, 0.1) is 12.9 Å². The number of thioether (sulfide) groups is 1. The highest BCUT2D eigenvalue weighted by Crippen LogP contribution is 2.42. The van der Waals surface area contributed by atoms with Crippen LogP contribution in [0.3, 0.4) is 0 Å². The van der Waals surface area contributed by atoms with Crippen LogP contribution in [0.2, 0.25) is 0 Å². The van der Waals surface area contributed by atoms with E-state index >= 15 is 0 Å². The number of carboxylic acid groups (broad SMARTS) is 1. The van der Waals surface area contributed by atoms with E-state index in [1.807, 2.05) is 0 Å². The van der Waals surface area contributed by atoms with Crippen LogP contribution in [-0.2, 0) is 14.3 Å². The minimum absolute atomic E-state index is 0.121. The highest BCUT2D eigenvalue weighted by atomic mass is 32.2. The van der Waals surface area contributed by atoms with Crippen molar-refractivity contribution < 1.29 is 19.4 Å². The fourth-order valence-corrected chi connectivity index (χ4v) is 3.47. The Morgan fingerprint density at radius 1 is 1.56 bits per heavy atom. The molecule has 1 fully saturated rings. The standard InChI is InChI=1S/C11H18O4S/c1-8-4-3-5-11(6-8,10(13)14)16-7-9(12)15-2/h8H,3-7H2,1-2H3,(H,13,14). The van der Waals surface area contributed by atoms with Gasteiger partial charge in [0, 0.05) is 0 Å². The van der Waals surface area contributed by atoms with E-state index in [1.165, 1.54) is 18.9 Å². The molecule has 0 bridgehead atoms. The maximum Gasteiger partial charge on any atom is 0.319 e. The number of aliphatic carboxylic acids is 1. The summed E-state index contributed by atoms with van der Waals surface area (Å²) in [6.07, 6.45) is 3.29. The van der Waals surface area contributed by atoms with Crippen LogP contribution in [0.15, 0.2) is 0 Å². The fraction of sp³-hybridized carbons (Fsp3) is 0.818. The zero-order chi connectivity index (χ0) is 12.2. The third kappa shape index (κ3) is 3.14. The maximum absolute atomic E-state index is 11.3. The van der Waals surface area contributed by atoms with Crippen LogP contribution < -0.4 is 0 Å². The number of esters is 1. The monoisotopic (exact) mass is 246 g/mol. The molecule has 0 amide bonds. The van der Waals surface area contributed by atoms with Crippen molar-refractivity contribution in [2.75, 3.05) is 12.9 Å².